The summed E-state index contributed by atoms with van der Waals surface area (Å²) in [5.41, 5.74) is 2.91. The summed E-state index contributed by atoms with van der Waals surface area (Å²) in [7, 11) is 2.05. The van der Waals surface area contributed by atoms with Crippen molar-refractivity contribution in [1.82, 2.24) is 15.2 Å². The zero-order chi connectivity index (χ0) is 20.3. The van der Waals surface area contributed by atoms with Gasteiger partial charge < -0.3 is 15.0 Å². The first-order chi connectivity index (χ1) is 13.4. The molecule has 0 fully saturated rings. The van der Waals surface area contributed by atoms with Gasteiger partial charge in [-0.15, -0.1) is 11.3 Å². The maximum absolute atomic E-state index is 12.4. The lowest BCUT2D eigenvalue weighted by molar-refractivity contribution is -0.136. The van der Waals surface area contributed by atoms with E-state index in [0.717, 1.165) is 41.2 Å². The molecule has 0 saturated heterocycles. The van der Waals surface area contributed by atoms with Crippen molar-refractivity contribution in [2.45, 2.75) is 39.8 Å². The van der Waals surface area contributed by atoms with Crippen LogP contribution in [0.4, 0.5) is 5.13 Å². The third kappa shape index (κ3) is 4.69. The van der Waals surface area contributed by atoms with E-state index in [-0.39, 0.29) is 6.04 Å². The third-order valence-electron chi connectivity index (χ3n) is 4.63. The molecule has 3 rings (SSSR count). The number of anilines is 1. The standard InChI is InChI=1S/C20H26N4O3S/c1-5-27-16-7-6-12(2)10-14(16)13(3)21-18(25)19(26)23-20-22-15-8-9-24(4)11-17(15)28-20/h6-7,10,13H,5,8-9,11H2,1-4H3,(H,21,25)(H,22,23,26). The van der Waals surface area contributed by atoms with Crippen molar-refractivity contribution in [3.63, 3.8) is 0 Å². The van der Waals surface area contributed by atoms with Crippen molar-refractivity contribution in [2.75, 3.05) is 25.5 Å². The smallest absolute Gasteiger partial charge is 0.315 e. The molecule has 1 unspecified atom stereocenters. The van der Waals surface area contributed by atoms with Crippen LogP contribution < -0.4 is 15.4 Å². The molecule has 1 aliphatic heterocycles. The highest BCUT2D eigenvalue weighted by Crippen LogP contribution is 2.28. The molecule has 1 aromatic heterocycles. The molecular weight excluding hydrogens is 376 g/mol. The molecule has 2 amide bonds. The lowest BCUT2D eigenvalue weighted by atomic mass is 10.0. The van der Waals surface area contributed by atoms with E-state index in [1.54, 1.807) is 0 Å². The molecule has 1 atom stereocenters. The average molecular weight is 403 g/mol. The van der Waals surface area contributed by atoms with Crippen molar-refractivity contribution in [2.24, 2.45) is 0 Å². The molecule has 1 aromatic carbocycles. The summed E-state index contributed by atoms with van der Waals surface area (Å²) in [5.74, 6) is -0.698. The lowest BCUT2D eigenvalue weighted by Crippen LogP contribution is -2.37. The van der Waals surface area contributed by atoms with Gasteiger partial charge in [0.05, 0.1) is 18.3 Å². The van der Waals surface area contributed by atoms with Crippen LogP contribution in [0.25, 0.3) is 0 Å². The van der Waals surface area contributed by atoms with E-state index in [1.165, 1.54) is 11.3 Å². The van der Waals surface area contributed by atoms with E-state index < -0.39 is 11.8 Å². The van der Waals surface area contributed by atoms with Gasteiger partial charge >= 0.3 is 11.8 Å². The van der Waals surface area contributed by atoms with Crippen LogP contribution in [0.2, 0.25) is 0 Å². The predicted molar refractivity (Wildman–Crippen MR) is 110 cm³/mol. The van der Waals surface area contributed by atoms with Crippen LogP contribution in [0.3, 0.4) is 0 Å². The van der Waals surface area contributed by atoms with Gasteiger partial charge in [0.2, 0.25) is 0 Å². The second-order valence-corrected chi connectivity index (χ2v) is 8.08. The molecule has 1 aliphatic rings. The molecule has 0 saturated carbocycles. The zero-order valence-corrected chi connectivity index (χ0v) is 17.5. The molecule has 0 radical (unpaired) electrons. The first-order valence-corrected chi connectivity index (χ1v) is 10.2. The van der Waals surface area contributed by atoms with Crippen LogP contribution in [0, 0.1) is 6.92 Å². The average Bonchev–Trinajstić information content (AvgIpc) is 3.04. The van der Waals surface area contributed by atoms with E-state index in [2.05, 4.69) is 27.6 Å². The first kappa shape index (κ1) is 20.3. The summed E-state index contributed by atoms with van der Waals surface area (Å²) in [4.78, 5) is 32.5. The highest BCUT2D eigenvalue weighted by atomic mass is 32.1. The summed E-state index contributed by atoms with van der Waals surface area (Å²) in [5, 5.41) is 5.85. The number of likely N-dealkylation sites (N-methyl/N-ethyl adjacent to an activating group) is 1. The Labute approximate surface area is 169 Å². The summed E-state index contributed by atoms with van der Waals surface area (Å²) >= 11 is 1.43. The molecule has 150 valence electrons. The number of nitrogens with zero attached hydrogens (tertiary/aromatic N) is 2. The van der Waals surface area contributed by atoms with Crippen LogP contribution in [0.1, 0.15) is 41.6 Å². The molecule has 0 bridgehead atoms. The number of carbonyl (C=O) groups is 2. The minimum absolute atomic E-state index is 0.363. The van der Waals surface area contributed by atoms with Crippen LogP contribution in [0.5, 0.6) is 5.75 Å². The first-order valence-electron chi connectivity index (χ1n) is 9.39. The number of carbonyl (C=O) groups excluding carboxylic acids is 2. The van der Waals surface area contributed by atoms with E-state index in [4.69, 9.17) is 4.74 Å². The summed E-state index contributed by atoms with van der Waals surface area (Å²) < 4.78 is 5.64. The third-order valence-corrected chi connectivity index (χ3v) is 5.63. The molecule has 2 N–H and O–H groups in total. The van der Waals surface area contributed by atoms with Gasteiger partial charge in [-0.05, 0) is 33.9 Å². The quantitative estimate of drug-likeness (QED) is 0.752. The van der Waals surface area contributed by atoms with Gasteiger partial charge in [-0.1, -0.05) is 17.7 Å². The van der Waals surface area contributed by atoms with E-state index in [1.807, 2.05) is 39.0 Å². The molecular formula is C20H26N4O3S. The van der Waals surface area contributed by atoms with Gasteiger partial charge in [-0.25, -0.2) is 4.98 Å². The van der Waals surface area contributed by atoms with Crippen LogP contribution in [0.15, 0.2) is 18.2 Å². The zero-order valence-electron chi connectivity index (χ0n) is 16.7. The van der Waals surface area contributed by atoms with Crippen molar-refractivity contribution in [3.8, 4) is 5.75 Å². The summed E-state index contributed by atoms with van der Waals surface area (Å²) in [6.45, 7) is 8.01. The number of benzene rings is 1. The Kier molecular flexibility index (Phi) is 6.31. The van der Waals surface area contributed by atoms with Gasteiger partial charge in [-0.2, -0.15) is 0 Å². The van der Waals surface area contributed by atoms with Crippen molar-refractivity contribution in [3.05, 3.63) is 39.9 Å². The number of hydrogen-bond donors (Lipinski definition) is 2. The van der Waals surface area contributed by atoms with Crippen LogP contribution >= 0.6 is 11.3 Å². The van der Waals surface area contributed by atoms with Crippen molar-refractivity contribution < 1.29 is 14.3 Å². The number of ether oxygens (including phenoxy) is 1. The summed E-state index contributed by atoms with van der Waals surface area (Å²) in [6.07, 6.45) is 0.856. The van der Waals surface area contributed by atoms with E-state index in [0.29, 0.717) is 17.5 Å². The second kappa shape index (κ2) is 8.70. The fraction of sp³-hybridized carbons (Fsp3) is 0.450. The molecule has 8 heteroatoms. The fourth-order valence-corrected chi connectivity index (χ4v) is 4.25. The number of fused-ring (bicyclic) bond motifs is 1. The molecule has 2 heterocycles. The minimum atomic E-state index is -0.711. The molecule has 0 spiro atoms. The highest BCUT2D eigenvalue weighted by Gasteiger charge is 2.23. The Hall–Kier alpha value is -2.45. The van der Waals surface area contributed by atoms with Gasteiger partial charge in [0.25, 0.3) is 0 Å². The fourth-order valence-electron chi connectivity index (χ4n) is 3.16. The number of amides is 2. The van der Waals surface area contributed by atoms with Crippen molar-refractivity contribution >= 4 is 28.3 Å². The number of aromatic nitrogens is 1. The van der Waals surface area contributed by atoms with E-state index in [9.17, 15) is 9.59 Å². The maximum atomic E-state index is 12.4. The molecule has 28 heavy (non-hydrogen) atoms. The predicted octanol–water partition coefficient (Wildman–Crippen LogP) is 2.65. The monoisotopic (exact) mass is 402 g/mol. The Morgan fingerprint density at radius 2 is 2.14 bits per heavy atom. The van der Waals surface area contributed by atoms with Gasteiger partial charge in [0.15, 0.2) is 5.13 Å². The number of aryl methyl sites for hydroxylation is 1. The molecule has 2 aromatic rings. The highest BCUT2D eigenvalue weighted by molar-refractivity contribution is 7.16. The van der Waals surface area contributed by atoms with Gasteiger partial charge in [0.1, 0.15) is 5.75 Å². The van der Waals surface area contributed by atoms with Gasteiger partial charge in [0, 0.05) is 30.0 Å². The number of hydrogen-bond acceptors (Lipinski definition) is 6. The summed E-state index contributed by atoms with van der Waals surface area (Å²) in [6, 6.07) is 5.43. The van der Waals surface area contributed by atoms with Crippen LogP contribution in [-0.4, -0.2) is 41.9 Å². The number of rotatable bonds is 5. The topological polar surface area (TPSA) is 83.6 Å². The Morgan fingerprint density at radius 1 is 1.36 bits per heavy atom. The van der Waals surface area contributed by atoms with E-state index >= 15 is 0 Å². The van der Waals surface area contributed by atoms with Crippen molar-refractivity contribution in [1.29, 1.82) is 0 Å². The SMILES string of the molecule is CCOc1ccc(C)cc1C(C)NC(=O)C(=O)Nc1nc2c(s1)CN(C)CC2. The number of thiazole rings is 1. The maximum Gasteiger partial charge on any atom is 0.315 e. The largest absolute Gasteiger partial charge is 0.494 e. The Balaban J connectivity index is 1.64. The normalized spacial score (nSPS) is 14.9. The Morgan fingerprint density at radius 3 is 2.89 bits per heavy atom. The van der Waals surface area contributed by atoms with Gasteiger partial charge in [-0.3, -0.25) is 14.9 Å². The minimum Gasteiger partial charge on any atom is -0.494 e. The second-order valence-electron chi connectivity index (χ2n) is 7.00. The molecule has 7 nitrogen and oxygen atoms in total. The van der Waals surface area contributed by atoms with Crippen LogP contribution in [-0.2, 0) is 22.6 Å². The molecule has 0 aliphatic carbocycles. The Bertz CT molecular complexity index is 880. The number of nitrogens with one attached hydrogen (secondary N) is 2. The lowest BCUT2D eigenvalue weighted by Gasteiger charge is -2.20.